The second-order valence-electron chi connectivity index (χ2n) is 7.03. The summed E-state index contributed by atoms with van der Waals surface area (Å²) < 4.78 is 10.8. The Morgan fingerprint density at radius 1 is 1.07 bits per heavy atom. The molecule has 29 heavy (non-hydrogen) atoms. The Labute approximate surface area is 171 Å². The fourth-order valence-corrected chi connectivity index (χ4v) is 3.57. The summed E-state index contributed by atoms with van der Waals surface area (Å²) in [7, 11) is 1.69. The lowest BCUT2D eigenvalue weighted by Gasteiger charge is -2.35. The van der Waals surface area contributed by atoms with Crippen LogP contribution in [0.5, 0.6) is 5.75 Å². The molecule has 0 amide bonds. The van der Waals surface area contributed by atoms with E-state index in [2.05, 4.69) is 32.5 Å². The van der Waals surface area contributed by atoms with Gasteiger partial charge in [-0.05, 0) is 29.8 Å². The molecule has 0 spiro atoms. The second kappa shape index (κ2) is 9.65. The Hall–Kier alpha value is -2.74. The van der Waals surface area contributed by atoms with Crippen molar-refractivity contribution in [1.29, 1.82) is 0 Å². The standard InChI is InChI=1S/C22H27N5O2/c1-28-21-9-7-18(8-10-21)22(26-11-13-29-14-12-26)17-23-15-19-16-24-27(25-19)20-5-3-2-4-6-20/h2-10,16,22-23H,11-15,17H2,1H3. The van der Waals surface area contributed by atoms with Crippen molar-refractivity contribution in [3.63, 3.8) is 0 Å². The van der Waals surface area contributed by atoms with Crippen LogP contribution >= 0.6 is 0 Å². The molecule has 0 radical (unpaired) electrons. The summed E-state index contributed by atoms with van der Waals surface area (Å²) in [4.78, 5) is 4.14. The molecule has 1 atom stereocenters. The van der Waals surface area contributed by atoms with Gasteiger partial charge < -0.3 is 14.8 Å². The van der Waals surface area contributed by atoms with E-state index in [0.717, 1.165) is 50.0 Å². The Morgan fingerprint density at radius 3 is 2.55 bits per heavy atom. The van der Waals surface area contributed by atoms with E-state index in [0.29, 0.717) is 6.54 Å². The normalized spacial score (nSPS) is 15.9. The molecule has 1 aliphatic heterocycles. The van der Waals surface area contributed by atoms with Crippen molar-refractivity contribution in [3.8, 4) is 11.4 Å². The molecule has 2 heterocycles. The van der Waals surface area contributed by atoms with Crippen LogP contribution in [0.2, 0.25) is 0 Å². The fourth-order valence-electron chi connectivity index (χ4n) is 3.57. The highest BCUT2D eigenvalue weighted by molar-refractivity contribution is 5.30. The van der Waals surface area contributed by atoms with Gasteiger partial charge in [0.05, 0.1) is 37.9 Å². The van der Waals surface area contributed by atoms with Gasteiger partial charge in [0.1, 0.15) is 5.75 Å². The number of hydrogen-bond acceptors (Lipinski definition) is 6. The lowest BCUT2D eigenvalue weighted by molar-refractivity contribution is 0.0161. The Kier molecular flexibility index (Phi) is 6.51. The van der Waals surface area contributed by atoms with Gasteiger partial charge in [-0.2, -0.15) is 15.0 Å². The smallest absolute Gasteiger partial charge is 0.118 e. The van der Waals surface area contributed by atoms with E-state index in [1.54, 1.807) is 11.9 Å². The van der Waals surface area contributed by atoms with Crippen LogP contribution in [0, 0.1) is 0 Å². The predicted octanol–water partition coefficient (Wildman–Crippen LogP) is 2.44. The first-order chi connectivity index (χ1) is 14.3. The highest BCUT2D eigenvalue weighted by Crippen LogP contribution is 2.23. The highest BCUT2D eigenvalue weighted by Gasteiger charge is 2.22. The zero-order valence-electron chi connectivity index (χ0n) is 16.7. The summed E-state index contributed by atoms with van der Waals surface area (Å²) >= 11 is 0. The molecule has 2 aromatic carbocycles. The minimum absolute atomic E-state index is 0.272. The van der Waals surface area contributed by atoms with E-state index in [9.17, 15) is 0 Å². The summed E-state index contributed by atoms with van der Waals surface area (Å²) in [5.74, 6) is 0.875. The van der Waals surface area contributed by atoms with Gasteiger partial charge >= 0.3 is 0 Å². The molecule has 0 saturated carbocycles. The summed E-state index contributed by atoms with van der Waals surface area (Å²) in [5.41, 5.74) is 3.15. The largest absolute Gasteiger partial charge is 0.497 e. The third kappa shape index (κ3) is 5.00. The zero-order valence-corrected chi connectivity index (χ0v) is 16.7. The third-order valence-electron chi connectivity index (χ3n) is 5.16. The number of ether oxygens (including phenoxy) is 2. The number of benzene rings is 2. The number of nitrogens with one attached hydrogen (secondary N) is 1. The third-order valence-corrected chi connectivity index (χ3v) is 5.16. The van der Waals surface area contributed by atoms with Crippen LogP contribution in [-0.2, 0) is 11.3 Å². The number of morpholine rings is 1. The molecule has 4 rings (SSSR count). The van der Waals surface area contributed by atoms with E-state index in [1.807, 2.05) is 48.7 Å². The van der Waals surface area contributed by atoms with E-state index < -0.39 is 0 Å². The van der Waals surface area contributed by atoms with Gasteiger partial charge in [0.25, 0.3) is 0 Å². The maximum Gasteiger partial charge on any atom is 0.118 e. The SMILES string of the molecule is COc1ccc(C(CNCc2cnn(-c3ccccc3)n2)N2CCOCC2)cc1. The quantitative estimate of drug-likeness (QED) is 0.634. The lowest BCUT2D eigenvalue weighted by atomic mass is 10.0. The van der Waals surface area contributed by atoms with Gasteiger partial charge in [0.15, 0.2) is 0 Å². The molecule has 1 aliphatic rings. The predicted molar refractivity (Wildman–Crippen MR) is 111 cm³/mol. The average Bonchev–Trinajstić information content (AvgIpc) is 3.27. The molecule has 7 heteroatoms. The summed E-state index contributed by atoms with van der Waals surface area (Å²) in [6, 6.07) is 18.6. The van der Waals surface area contributed by atoms with Crippen LogP contribution in [0.15, 0.2) is 60.8 Å². The van der Waals surface area contributed by atoms with Crippen molar-refractivity contribution < 1.29 is 9.47 Å². The summed E-state index contributed by atoms with van der Waals surface area (Å²) in [6.07, 6.45) is 1.82. The van der Waals surface area contributed by atoms with Gasteiger partial charge in [0, 0.05) is 32.2 Å². The van der Waals surface area contributed by atoms with Crippen molar-refractivity contribution >= 4 is 0 Å². The van der Waals surface area contributed by atoms with E-state index in [-0.39, 0.29) is 6.04 Å². The Morgan fingerprint density at radius 2 is 1.83 bits per heavy atom. The molecule has 1 unspecified atom stereocenters. The molecule has 3 aromatic rings. The van der Waals surface area contributed by atoms with Gasteiger partial charge in [-0.15, -0.1) is 0 Å². The topological polar surface area (TPSA) is 64.4 Å². The average molecular weight is 393 g/mol. The molecule has 0 bridgehead atoms. The minimum atomic E-state index is 0.272. The van der Waals surface area contributed by atoms with Gasteiger partial charge in [-0.3, -0.25) is 4.90 Å². The van der Waals surface area contributed by atoms with Crippen LogP contribution in [0.1, 0.15) is 17.3 Å². The van der Waals surface area contributed by atoms with Crippen molar-refractivity contribution in [2.24, 2.45) is 0 Å². The van der Waals surface area contributed by atoms with Crippen molar-refractivity contribution in [2.45, 2.75) is 12.6 Å². The van der Waals surface area contributed by atoms with Gasteiger partial charge in [-0.25, -0.2) is 0 Å². The van der Waals surface area contributed by atoms with Crippen molar-refractivity contribution in [1.82, 2.24) is 25.2 Å². The van der Waals surface area contributed by atoms with Crippen LogP contribution in [0.25, 0.3) is 5.69 Å². The first-order valence-corrected chi connectivity index (χ1v) is 9.96. The maximum absolute atomic E-state index is 5.54. The second-order valence-corrected chi connectivity index (χ2v) is 7.03. The lowest BCUT2D eigenvalue weighted by Crippen LogP contribution is -2.42. The van der Waals surface area contributed by atoms with Crippen LogP contribution in [0.3, 0.4) is 0 Å². The van der Waals surface area contributed by atoms with Crippen LogP contribution in [0.4, 0.5) is 0 Å². The van der Waals surface area contributed by atoms with E-state index >= 15 is 0 Å². The molecular weight excluding hydrogens is 366 g/mol. The van der Waals surface area contributed by atoms with Crippen molar-refractivity contribution in [2.75, 3.05) is 40.0 Å². The number of hydrogen-bond donors (Lipinski definition) is 1. The van der Waals surface area contributed by atoms with Crippen LogP contribution in [-0.4, -0.2) is 59.9 Å². The molecule has 152 valence electrons. The highest BCUT2D eigenvalue weighted by atomic mass is 16.5. The van der Waals surface area contributed by atoms with E-state index in [1.165, 1.54) is 5.56 Å². The fraction of sp³-hybridized carbons (Fsp3) is 0.364. The van der Waals surface area contributed by atoms with Gasteiger partial charge in [-0.1, -0.05) is 30.3 Å². The first-order valence-electron chi connectivity index (χ1n) is 9.96. The van der Waals surface area contributed by atoms with Crippen LogP contribution < -0.4 is 10.1 Å². The maximum atomic E-state index is 5.54. The van der Waals surface area contributed by atoms with E-state index in [4.69, 9.17) is 9.47 Å². The minimum Gasteiger partial charge on any atom is -0.497 e. The molecule has 1 fully saturated rings. The number of rotatable bonds is 8. The zero-order chi connectivity index (χ0) is 19.9. The number of para-hydroxylation sites is 1. The molecule has 0 aliphatic carbocycles. The first kappa shape index (κ1) is 19.6. The molecule has 1 saturated heterocycles. The van der Waals surface area contributed by atoms with Crippen molar-refractivity contribution in [3.05, 3.63) is 72.1 Å². The number of aromatic nitrogens is 3. The number of methoxy groups -OCH3 is 1. The molecule has 1 N–H and O–H groups in total. The Bertz CT molecular complexity index is 876. The monoisotopic (exact) mass is 393 g/mol. The molecule has 1 aromatic heterocycles. The molecular formula is C22H27N5O2. The number of nitrogens with zero attached hydrogens (tertiary/aromatic N) is 4. The van der Waals surface area contributed by atoms with Gasteiger partial charge in [0.2, 0.25) is 0 Å². The molecule has 7 nitrogen and oxygen atoms in total. The summed E-state index contributed by atoms with van der Waals surface area (Å²) in [6.45, 7) is 4.91. The Balaban J connectivity index is 1.40. The summed E-state index contributed by atoms with van der Waals surface area (Å²) in [5, 5.41) is 12.5.